The Hall–Kier alpha value is -2.80. The van der Waals surface area contributed by atoms with Gasteiger partial charge in [-0.2, -0.15) is 0 Å². The third-order valence-electron chi connectivity index (χ3n) is 4.78. The van der Waals surface area contributed by atoms with E-state index in [4.69, 9.17) is 16.6 Å². The molecule has 1 amide bonds. The second-order valence-corrected chi connectivity index (χ2v) is 9.36. The van der Waals surface area contributed by atoms with Gasteiger partial charge in [0.2, 0.25) is 0 Å². The van der Waals surface area contributed by atoms with Gasteiger partial charge in [-0.05, 0) is 42.8 Å². The predicted octanol–water partition coefficient (Wildman–Crippen LogP) is 6.71. The van der Waals surface area contributed by atoms with Crippen LogP contribution in [0.5, 0.6) is 0 Å². The van der Waals surface area contributed by atoms with E-state index in [0.717, 1.165) is 31.6 Å². The molecule has 7 heteroatoms. The molecule has 30 heavy (non-hydrogen) atoms. The quantitative estimate of drug-likeness (QED) is 0.306. The summed E-state index contributed by atoms with van der Waals surface area (Å²) in [5, 5.41) is 2.02. The Morgan fingerprint density at radius 3 is 2.67 bits per heavy atom. The average Bonchev–Trinajstić information content (AvgIpc) is 3.33. The molecule has 0 unspecified atom stereocenters. The molecule has 0 N–H and O–H groups in total. The van der Waals surface area contributed by atoms with E-state index in [0.29, 0.717) is 21.6 Å². The van der Waals surface area contributed by atoms with Gasteiger partial charge in [0.05, 0.1) is 27.5 Å². The Morgan fingerprint density at radius 2 is 1.87 bits per heavy atom. The molecule has 3 heterocycles. The number of benzene rings is 2. The van der Waals surface area contributed by atoms with Gasteiger partial charge in [-0.1, -0.05) is 53.3 Å². The van der Waals surface area contributed by atoms with Crippen LogP contribution in [-0.4, -0.2) is 15.9 Å². The molecule has 0 saturated carbocycles. The lowest BCUT2D eigenvalue weighted by Gasteiger charge is -2.19. The molecule has 0 atom stereocenters. The largest absolute Gasteiger partial charge is 0.277 e. The standard InChI is InChI=1S/C23H16ClN3OS2/c1-14-9-10-17-19(12-14)30-23(26-17)27(13-15-6-4-5-11-25-15)22(28)21-20(24)16-7-2-3-8-18(16)29-21/h2-12H,13H2,1H3. The smallest absolute Gasteiger partial charge is 0.272 e. The number of aromatic nitrogens is 2. The molecule has 148 valence electrons. The zero-order valence-electron chi connectivity index (χ0n) is 16.0. The van der Waals surface area contributed by atoms with Crippen molar-refractivity contribution in [2.75, 3.05) is 4.90 Å². The average molecular weight is 450 g/mol. The summed E-state index contributed by atoms with van der Waals surface area (Å²) in [5.74, 6) is -0.164. The molecule has 0 spiro atoms. The summed E-state index contributed by atoms with van der Waals surface area (Å²) in [6.45, 7) is 2.37. The molecule has 5 aromatic rings. The first-order chi connectivity index (χ1) is 14.6. The van der Waals surface area contributed by atoms with Crippen LogP contribution in [0.15, 0.2) is 66.9 Å². The zero-order valence-corrected chi connectivity index (χ0v) is 18.4. The number of carbonyl (C=O) groups is 1. The fraction of sp³-hybridized carbons (Fsp3) is 0.0870. The van der Waals surface area contributed by atoms with Gasteiger partial charge in [0.15, 0.2) is 5.13 Å². The highest BCUT2D eigenvalue weighted by Gasteiger charge is 2.26. The second kappa shape index (κ2) is 7.80. The molecule has 0 fully saturated rings. The number of halogens is 1. The normalized spacial score (nSPS) is 11.3. The van der Waals surface area contributed by atoms with Crippen LogP contribution in [0.1, 0.15) is 20.9 Å². The number of hydrogen-bond acceptors (Lipinski definition) is 5. The van der Waals surface area contributed by atoms with Crippen LogP contribution >= 0.6 is 34.3 Å². The van der Waals surface area contributed by atoms with E-state index in [1.165, 1.54) is 22.7 Å². The summed E-state index contributed by atoms with van der Waals surface area (Å²) in [4.78, 5) is 25.0. The number of nitrogens with zero attached hydrogens (tertiary/aromatic N) is 3. The lowest BCUT2D eigenvalue weighted by atomic mass is 10.2. The van der Waals surface area contributed by atoms with E-state index < -0.39 is 0 Å². The fourth-order valence-electron chi connectivity index (χ4n) is 3.29. The van der Waals surface area contributed by atoms with E-state index in [1.807, 2.05) is 61.5 Å². The van der Waals surface area contributed by atoms with Crippen molar-refractivity contribution >= 4 is 65.6 Å². The molecule has 0 aliphatic heterocycles. The number of amides is 1. The first-order valence-corrected chi connectivity index (χ1v) is 11.4. The van der Waals surface area contributed by atoms with Crippen molar-refractivity contribution in [3.63, 3.8) is 0 Å². The molecule has 0 aliphatic carbocycles. The predicted molar refractivity (Wildman–Crippen MR) is 126 cm³/mol. The van der Waals surface area contributed by atoms with Crippen LogP contribution in [0, 0.1) is 6.92 Å². The summed E-state index contributed by atoms with van der Waals surface area (Å²) >= 11 is 9.53. The van der Waals surface area contributed by atoms with Gasteiger partial charge in [-0.25, -0.2) is 4.98 Å². The summed E-state index contributed by atoms with van der Waals surface area (Å²) < 4.78 is 2.04. The van der Waals surface area contributed by atoms with Gasteiger partial charge in [0, 0.05) is 16.3 Å². The van der Waals surface area contributed by atoms with E-state index in [1.54, 1.807) is 11.1 Å². The molecular weight excluding hydrogens is 434 g/mol. The number of thiophene rings is 1. The van der Waals surface area contributed by atoms with Gasteiger partial charge < -0.3 is 0 Å². The lowest BCUT2D eigenvalue weighted by Crippen LogP contribution is -2.30. The maximum atomic E-state index is 13.7. The van der Waals surface area contributed by atoms with Crippen LogP contribution in [0.25, 0.3) is 20.3 Å². The second-order valence-electron chi connectivity index (χ2n) is 6.92. The number of hydrogen-bond donors (Lipinski definition) is 0. The zero-order chi connectivity index (χ0) is 20.7. The van der Waals surface area contributed by atoms with Gasteiger partial charge >= 0.3 is 0 Å². The Morgan fingerprint density at radius 1 is 1.03 bits per heavy atom. The molecule has 2 aromatic carbocycles. The first kappa shape index (κ1) is 19.2. The van der Waals surface area contributed by atoms with E-state index >= 15 is 0 Å². The minimum absolute atomic E-state index is 0.164. The maximum absolute atomic E-state index is 13.7. The molecule has 0 bridgehead atoms. The molecule has 4 nitrogen and oxygen atoms in total. The third kappa shape index (κ3) is 3.47. The third-order valence-corrected chi connectivity index (χ3v) is 7.49. The van der Waals surface area contributed by atoms with Crippen LogP contribution < -0.4 is 4.90 Å². The highest BCUT2D eigenvalue weighted by molar-refractivity contribution is 7.23. The minimum Gasteiger partial charge on any atom is -0.277 e. The number of carbonyl (C=O) groups excluding carboxylic acids is 1. The number of thiazole rings is 1. The maximum Gasteiger partial charge on any atom is 0.272 e. The Balaban J connectivity index is 1.62. The Kier molecular flexibility index (Phi) is 4.98. The summed E-state index contributed by atoms with van der Waals surface area (Å²) in [5.41, 5.74) is 2.83. The molecule has 0 radical (unpaired) electrons. The Bertz CT molecular complexity index is 1380. The van der Waals surface area contributed by atoms with Gasteiger partial charge in [0.25, 0.3) is 5.91 Å². The minimum atomic E-state index is -0.164. The number of fused-ring (bicyclic) bond motifs is 2. The van der Waals surface area contributed by atoms with Crippen molar-refractivity contribution in [3.8, 4) is 0 Å². The highest BCUT2D eigenvalue weighted by Crippen LogP contribution is 2.38. The number of pyridine rings is 1. The van der Waals surface area contributed by atoms with Crippen LogP contribution in [-0.2, 0) is 6.54 Å². The monoisotopic (exact) mass is 449 g/mol. The van der Waals surface area contributed by atoms with Gasteiger partial charge in [-0.3, -0.25) is 14.7 Å². The summed E-state index contributed by atoms with van der Waals surface area (Å²) in [7, 11) is 0. The van der Waals surface area contributed by atoms with E-state index in [-0.39, 0.29) is 5.91 Å². The lowest BCUT2D eigenvalue weighted by molar-refractivity contribution is 0.0989. The van der Waals surface area contributed by atoms with Crippen molar-refractivity contribution in [3.05, 3.63) is 88.0 Å². The summed E-state index contributed by atoms with van der Waals surface area (Å²) in [6, 6.07) is 19.6. The van der Waals surface area contributed by atoms with Crippen molar-refractivity contribution in [2.24, 2.45) is 0 Å². The first-order valence-electron chi connectivity index (χ1n) is 9.36. The topological polar surface area (TPSA) is 46.1 Å². The van der Waals surface area contributed by atoms with Gasteiger partial charge in [-0.15, -0.1) is 11.3 Å². The van der Waals surface area contributed by atoms with Crippen LogP contribution in [0.3, 0.4) is 0 Å². The molecule has 3 aromatic heterocycles. The molecule has 5 rings (SSSR count). The molecule has 0 aliphatic rings. The SMILES string of the molecule is Cc1ccc2nc(N(Cc3ccccn3)C(=O)c3sc4ccccc4c3Cl)sc2c1. The van der Waals surface area contributed by atoms with E-state index in [9.17, 15) is 4.79 Å². The van der Waals surface area contributed by atoms with Crippen LogP contribution in [0.2, 0.25) is 5.02 Å². The van der Waals surface area contributed by atoms with E-state index in [2.05, 4.69) is 11.1 Å². The fourth-order valence-corrected chi connectivity index (χ4v) is 5.81. The molecular formula is C23H16ClN3OS2. The van der Waals surface area contributed by atoms with Crippen molar-refractivity contribution in [2.45, 2.75) is 13.5 Å². The Labute approximate surface area is 186 Å². The number of anilines is 1. The summed E-state index contributed by atoms with van der Waals surface area (Å²) in [6.07, 6.45) is 1.73. The van der Waals surface area contributed by atoms with Crippen molar-refractivity contribution < 1.29 is 4.79 Å². The molecule has 0 saturated heterocycles. The number of aryl methyl sites for hydroxylation is 1. The van der Waals surface area contributed by atoms with Crippen LogP contribution in [0.4, 0.5) is 5.13 Å². The highest BCUT2D eigenvalue weighted by atomic mass is 35.5. The number of rotatable bonds is 4. The van der Waals surface area contributed by atoms with Gasteiger partial charge in [0.1, 0.15) is 4.88 Å². The van der Waals surface area contributed by atoms with Crippen molar-refractivity contribution in [1.82, 2.24) is 9.97 Å². The van der Waals surface area contributed by atoms with Crippen molar-refractivity contribution in [1.29, 1.82) is 0 Å².